The molecule has 0 radical (unpaired) electrons. The summed E-state index contributed by atoms with van der Waals surface area (Å²) in [5, 5.41) is 2.26. The van der Waals surface area contributed by atoms with Crippen LogP contribution in [0.25, 0.3) is 0 Å². The van der Waals surface area contributed by atoms with Crippen LogP contribution < -0.4 is 5.32 Å². The lowest BCUT2D eigenvalue weighted by atomic mass is 9.89. The molecule has 0 bridgehead atoms. The predicted octanol–water partition coefficient (Wildman–Crippen LogP) is 4.95. The van der Waals surface area contributed by atoms with Crippen molar-refractivity contribution in [1.29, 1.82) is 0 Å². The summed E-state index contributed by atoms with van der Waals surface area (Å²) in [5.74, 6) is 0. The quantitative estimate of drug-likeness (QED) is 0.503. The average molecular weight is 465 g/mol. The van der Waals surface area contributed by atoms with Crippen molar-refractivity contribution in [2.24, 2.45) is 0 Å². The maximum Gasteiger partial charge on any atom is 0.432 e. The van der Waals surface area contributed by atoms with Crippen LogP contribution in [0.4, 0.5) is 36.8 Å². The maximum absolute atomic E-state index is 13.6. The summed E-state index contributed by atoms with van der Waals surface area (Å²) in [5.41, 5.74) is -8.04. The summed E-state index contributed by atoms with van der Waals surface area (Å²) in [6, 6.07) is 0.901. The van der Waals surface area contributed by atoms with Crippen LogP contribution in [0.1, 0.15) is 37.5 Å². The molecule has 172 valence electrons. The number of halogens is 6. The molecule has 1 rings (SSSR count). The molecule has 0 aliphatic rings. The maximum atomic E-state index is 13.6. The number of aryl methyl sites for hydroxylation is 2. The zero-order valence-electron chi connectivity index (χ0n) is 16.9. The van der Waals surface area contributed by atoms with E-state index in [1.165, 1.54) is 0 Å². The number of hydrogen-bond donors (Lipinski definition) is 1. The van der Waals surface area contributed by atoms with Crippen LogP contribution >= 0.6 is 0 Å². The van der Waals surface area contributed by atoms with E-state index in [9.17, 15) is 39.6 Å². The summed E-state index contributed by atoms with van der Waals surface area (Å²) >= 11 is 0. The van der Waals surface area contributed by atoms with Gasteiger partial charge in [0.15, 0.2) is 0 Å². The third-order valence-corrected chi connectivity index (χ3v) is 4.19. The molecule has 1 aromatic carbocycles. The smallest absolute Gasteiger partial charge is 0.432 e. The molecule has 1 N–H and O–H groups in total. The molecule has 0 atom stereocenters. The van der Waals surface area contributed by atoms with Crippen molar-refractivity contribution in [2.45, 2.75) is 58.2 Å². The van der Waals surface area contributed by atoms with Gasteiger partial charge in [-0.25, -0.2) is 8.98 Å². The van der Waals surface area contributed by atoms with E-state index in [-0.39, 0.29) is 23.1 Å². The van der Waals surface area contributed by atoms with E-state index in [0.29, 0.717) is 12.1 Å². The third-order valence-electron chi connectivity index (χ3n) is 3.64. The van der Waals surface area contributed by atoms with Crippen molar-refractivity contribution in [3.63, 3.8) is 0 Å². The highest BCUT2D eigenvalue weighted by atomic mass is 32.2. The standard InChI is InChI=1S/C17H21F6NO5S/c1-9-7-11(8-10(2)12(9)24-13(25)28-14(3,4)5)15(16(18,19)20,17(21,22)23)29-30(6,26)27/h7-8H,1-6H3,(H,24,25). The van der Waals surface area contributed by atoms with E-state index in [1.54, 1.807) is 20.8 Å². The minimum absolute atomic E-state index is 0.0807. The molecule has 1 aromatic rings. The Morgan fingerprint density at radius 2 is 1.33 bits per heavy atom. The fourth-order valence-electron chi connectivity index (χ4n) is 2.63. The molecule has 0 spiro atoms. The van der Waals surface area contributed by atoms with Gasteiger partial charge in [-0.3, -0.25) is 5.32 Å². The van der Waals surface area contributed by atoms with Gasteiger partial charge < -0.3 is 4.74 Å². The zero-order valence-corrected chi connectivity index (χ0v) is 17.7. The fraction of sp³-hybridized carbons (Fsp3) is 0.588. The van der Waals surface area contributed by atoms with Crippen molar-refractivity contribution in [3.05, 3.63) is 28.8 Å². The fourth-order valence-corrected chi connectivity index (χ4v) is 3.37. The molecule has 6 nitrogen and oxygen atoms in total. The molecular weight excluding hydrogens is 444 g/mol. The van der Waals surface area contributed by atoms with E-state index in [2.05, 4.69) is 9.50 Å². The minimum atomic E-state index is -6.17. The van der Waals surface area contributed by atoms with E-state index in [4.69, 9.17) is 4.74 Å². The van der Waals surface area contributed by atoms with Crippen molar-refractivity contribution in [3.8, 4) is 0 Å². The Labute approximate surface area is 169 Å². The van der Waals surface area contributed by atoms with E-state index in [0.717, 1.165) is 13.8 Å². The summed E-state index contributed by atoms with van der Waals surface area (Å²) < 4.78 is 113. The first-order valence-corrected chi connectivity index (χ1v) is 10.1. The lowest BCUT2D eigenvalue weighted by Gasteiger charge is -2.36. The van der Waals surface area contributed by atoms with Gasteiger partial charge in [0.1, 0.15) is 5.60 Å². The Balaban J connectivity index is 3.68. The highest BCUT2D eigenvalue weighted by Gasteiger charge is 2.75. The summed E-state index contributed by atoms with van der Waals surface area (Å²) in [6.07, 6.45) is -13.2. The Morgan fingerprint density at radius 1 is 0.933 bits per heavy atom. The van der Waals surface area contributed by atoms with Crippen LogP contribution in [0, 0.1) is 13.8 Å². The number of carbonyl (C=O) groups is 1. The number of benzene rings is 1. The Kier molecular flexibility index (Phi) is 6.86. The number of nitrogens with one attached hydrogen (secondary N) is 1. The third kappa shape index (κ3) is 5.78. The van der Waals surface area contributed by atoms with Gasteiger partial charge in [0.05, 0.1) is 6.26 Å². The molecule has 0 heterocycles. The van der Waals surface area contributed by atoms with Crippen LogP contribution in [0.5, 0.6) is 0 Å². The highest BCUT2D eigenvalue weighted by Crippen LogP contribution is 2.54. The zero-order chi connectivity index (χ0) is 23.9. The van der Waals surface area contributed by atoms with Crippen LogP contribution in [0.15, 0.2) is 12.1 Å². The van der Waals surface area contributed by atoms with Crippen molar-refractivity contribution < 1.29 is 48.5 Å². The van der Waals surface area contributed by atoms with Crippen LogP contribution in [0.3, 0.4) is 0 Å². The number of ether oxygens (including phenoxy) is 1. The molecular formula is C17H21F6NO5S. The van der Waals surface area contributed by atoms with Gasteiger partial charge in [0.25, 0.3) is 10.1 Å². The predicted molar refractivity (Wildman–Crippen MR) is 95.5 cm³/mol. The second kappa shape index (κ2) is 7.91. The summed E-state index contributed by atoms with van der Waals surface area (Å²) in [7, 11) is -5.20. The molecule has 0 aliphatic heterocycles. The summed E-state index contributed by atoms with van der Waals surface area (Å²) in [6.45, 7) is 6.94. The normalized spacial score (nSPS) is 13.9. The van der Waals surface area contributed by atoms with E-state index < -0.39 is 45.3 Å². The van der Waals surface area contributed by atoms with Gasteiger partial charge in [0.2, 0.25) is 0 Å². The molecule has 0 saturated carbocycles. The molecule has 13 heteroatoms. The lowest BCUT2D eigenvalue weighted by Crippen LogP contribution is -2.56. The number of carbonyl (C=O) groups excluding carboxylic acids is 1. The highest BCUT2D eigenvalue weighted by molar-refractivity contribution is 7.86. The summed E-state index contributed by atoms with van der Waals surface area (Å²) in [4.78, 5) is 11.9. The van der Waals surface area contributed by atoms with Gasteiger partial charge in [0, 0.05) is 11.3 Å². The Morgan fingerprint density at radius 3 is 1.63 bits per heavy atom. The lowest BCUT2D eigenvalue weighted by molar-refractivity contribution is -0.364. The van der Waals surface area contributed by atoms with Gasteiger partial charge in [-0.1, -0.05) is 12.1 Å². The molecule has 30 heavy (non-hydrogen) atoms. The number of rotatable bonds is 4. The molecule has 0 fully saturated rings. The molecule has 1 amide bonds. The van der Waals surface area contributed by atoms with E-state index in [1.807, 2.05) is 0 Å². The second-order valence-electron chi connectivity index (χ2n) is 7.58. The number of amides is 1. The number of anilines is 1. The number of hydrogen-bond acceptors (Lipinski definition) is 5. The van der Waals surface area contributed by atoms with Crippen molar-refractivity contribution >= 4 is 21.9 Å². The first kappa shape index (κ1) is 26.0. The first-order chi connectivity index (χ1) is 13.1. The van der Waals surface area contributed by atoms with Crippen LogP contribution in [0.2, 0.25) is 0 Å². The molecule has 0 aliphatic carbocycles. The minimum Gasteiger partial charge on any atom is -0.444 e. The largest absolute Gasteiger partial charge is 0.444 e. The van der Waals surface area contributed by atoms with Gasteiger partial charge >= 0.3 is 24.0 Å². The topological polar surface area (TPSA) is 81.7 Å². The van der Waals surface area contributed by atoms with E-state index >= 15 is 0 Å². The van der Waals surface area contributed by atoms with Crippen LogP contribution in [-0.4, -0.2) is 38.7 Å². The average Bonchev–Trinajstić information content (AvgIpc) is 2.43. The van der Waals surface area contributed by atoms with Crippen molar-refractivity contribution in [1.82, 2.24) is 0 Å². The van der Waals surface area contributed by atoms with Gasteiger partial charge in [-0.05, 0) is 45.7 Å². The van der Waals surface area contributed by atoms with Gasteiger partial charge in [-0.15, -0.1) is 0 Å². The molecule has 0 aromatic heterocycles. The van der Waals surface area contributed by atoms with Crippen molar-refractivity contribution in [2.75, 3.05) is 11.6 Å². The Hall–Kier alpha value is -2.02. The van der Waals surface area contributed by atoms with Crippen LogP contribution in [-0.2, 0) is 24.6 Å². The molecule has 0 unspecified atom stereocenters. The molecule has 0 saturated heterocycles. The number of alkyl halides is 6. The van der Waals surface area contributed by atoms with Gasteiger partial charge in [-0.2, -0.15) is 34.8 Å². The first-order valence-electron chi connectivity index (χ1n) is 8.26. The Bertz CT molecular complexity index is 879. The second-order valence-corrected chi connectivity index (χ2v) is 9.15. The SMILES string of the molecule is Cc1cc(C(OS(C)(=O)=O)(C(F)(F)F)C(F)(F)F)cc(C)c1NC(=O)OC(C)(C)C. The monoisotopic (exact) mass is 465 g/mol.